The first-order chi connectivity index (χ1) is 8.75. The van der Waals surface area contributed by atoms with Crippen LogP contribution < -0.4 is 5.32 Å². The second kappa shape index (κ2) is 4.72. The van der Waals surface area contributed by atoms with Gasteiger partial charge in [0.05, 0.1) is 11.8 Å². The largest absolute Gasteiger partial charge is 0.463 e. The van der Waals surface area contributed by atoms with Crippen molar-refractivity contribution in [1.29, 1.82) is 0 Å². The van der Waals surface area contributed by atoms with Crippen molar-refractivity contribution in [1.82, 2.24) is 9.88 Å². The monoisotopic (exact) mass is 264 g/mol. The number of hydrogen-bond donors (Lipinski definition) is 1. The van der Waals surface area contributed by atoms with E-state index in [1.54, 1.807) is 6.26 Å². The average Bonchev–Trinajstić information content (AvgIpc) is 2.94. The molecule has 1 aliphatic rings. The molecule has 1 amide bonds. The summed E-state index contributed by atoms with van der Waals surface area (Å²) in [6.45, 7) is 0. The van der Waals surface area contributed by atoms with Crippen molar-refractivity contribution < 1.29 is 9.21 Å². The van der Waals surface area contributed by atoms with Crippen molar-refractivity contribution in [3.63, 3.8) is 0 Å². The van der Waals surface area contributed by atoms with Gasteiger partial charge in [0.1, 0.15) is 5.69 Å². The lowest BCUT2D eigenvalue weighted by molar-refractivity contribution is 0.0927. The second-order valence-electron chi connectivity index (χ2n) is 4.62. The van der Waals surface area contributed by atoms with Crippen LogP contribution in [0.3, 0.4) is 0 Å². The van der Waals surface area contributed by atoms with Crippen molar-refractivity contribution in [3.8, 4) is 0 Å². The standard InChI is InChI=1S/C13H16N2O2S/c1-15-10-2-5-17-12(10)8-11(15)13(16)14-9-3-6-18-7-4-9/h2,5,8-9H,3-4,6-7H2,1H3,(H,14,16). The highest BCUT2D eigenvalue weighted by atomic mass is 32.2. The summed E-state index contributed by atoms with van der Waals surface area (Å²) in [5.74, 6) is 2.28. The van der Waals surface area contributed by atoms with Gasteiger partial charge in [0, 0.05) is 25.2 Å². The summed E-state index contributed by atoms with van der Waals surface area (Å²) >= 11 is 1.96. The molecule has 2 aromatic rings. The van der Waals surface area contributed by atoms with Gasteiger partial charge in [0.25, 0.3) is 5.91 Å². The van der Waals surface area contributed by atoms with E-state index in [0.29, 0.717) is 11.7 Å². The quantitative estimate of drug-likeness (QED) is 0.906. The fraction of sp³-hybridized carbons (Fsp3) is 0.462. The van der Waals surface area contributed by atoms with Gasteiger partial charge in [-0.05, 0) is 24.3 Å². The Morgan fingerprint density at radius 3 is 3.00 bits per heavy atom. The summed E-state index contributed by atoms with van der Waals surface area (Å²) in [7, 11) is 1.89. The predicted molar refractivity (Wildman–Crippen MR) is 73.0 cm³/mol. The Balaban J connectivity index is 1.78. The van der Waals surface area contributed by atoms with Gasteiger partial charge >= 0.3 is 0 Å². The van der Waals surface area contributed by atoms with Crippen LogP contribution in [0.1, 0.15) is 23.3 Å². The van der Waals surface area contributed by atoms with Crippen LogP contribution in [-0.4, -0.2) is 28.0 Å². The Hall–Kier alpha value is -1.36. The zero-order valence-electron chi connectivity index (χ0n) is 10.3. The van der Waals surface area contributed by atoms with E-state index in [1.165, 1.54) is 0 Å². The Kier molecular flexibility index (Phi) is 3.07. The maximum absolute atomic E-state index is 12.2. The van der Waals surface area contributed by atoms with E-state index in [4.69, 9.17) is 4.42 Å². The van der Waals surface area contributed by atoms with Gasteiger partial charge in [0.2, 0.25) is 0 Å². The number of carbonyl (C=O) groups excluding carboxylic acids is 1. The molecule has 18 heavy (non-hydrogen) atoms. The number of hydrogen-bond acceptors (Lipinski definition) is 3. The number of nitrogens with zero attached hydrogens (tertiary/aromatic N) is 1. The van der Waals surface area contributed by atoms with Crippen molar-refractivity contribution >= 4 is 28.8 Å². The molecule has 1 saturated heterocycles. The fourth-order valence-corrected chi connectivity index (χ4v) is 3.48. The first-order valence-corrected chi connectivity index (χ1v) is 7.32. The lowest BCUT2D eigenvalue weighted by atomic mass is 10.1. The normalized spacial score (nSPS) is 17.2. The van der Waals surface area contributed by atoms with Crippen LogP contribution in [0.4, 0.5) is 0 Å². The molecular formula is C13H16N2O2S. The molecule has 96 valence electrons. The number of aromatic nitrogens is 1. The van der Waals surface area contributed by atoms with E-state index < -0.39 is 0 Å². The summed E-state index contributed by atoms with van der Waals surface area (Å²) in [5, 5.41) is 3.11. The molecule has 1 fully saturated rings. The smallest absolute Gasteiger partial charge is 0.268 e. The molecule has 3 heterocycles. The Bertz CT molecular complexity index is 567. The van der Waals surface area contributed by atoms with Gasteiger partial charge in [0.15, 0.2) is 5.58 Å². The van der Waals surface area contributed by atoms with Crippen molar-refractivity contribution in [3.05, 3.63) is 24.1 Å². The summed E-state index contributed by atoms with van der Waals surface area (Å²) in [5.41, 5.74) is 2.39. The fourth-order valence-electron chi connectivity index (χ4n) is 2.37. The molecule has 0 radical (unpaired) electrons. The summed E-state index contributed by atoms with van der Waals surface area (Å²) in [6, 6.07) is 4.01. The number of thioether (sulfide) groups is 1. The number of carbonyl (C=O) groups is 1. The van der Waals surface area contributed by atoms with Crippen molar-refractivity contribution in [2.45, 2.75) is 18.9 Å². The Labute approximate surface area is 110 Å². The molecule has 0 aliphatic carbocycles. The number of rotatable bonds is 2. The van der Waals surface area contributed by atoms with Crippen LogP contribution in [0.2, 0.25) is 0 Å². The van der Waals surface area contributed by atoms with Crippen LogP contribution in [-0.2, 0) is 7.05 Å². The molecule has 0 bridgehead atoms. The number of amides is 1. The van der Waals surface area contributed by atoms with E-state index in [0.717, 1.165) is 35.4 Å². The highest BCUT2D eigenvalue weighted by molar-refractivity contribution is 7.99. The van der Waals surface area contributed by atoms with Crippen LogP contribution in [0, 0.1) is 0 Å². The average molecular weight is 264 g/mol. The maximum atomic E-state index is 12.2. The van der Waals surface area contributed by atoms with E-state index in [9.17, 15) is 4.79 Å². The number of aryl methyl sites for hydroxylation is 1. The van der Waals surface area contributed by atoms with Crippen molar-refractivity contribution in [2.75, 3.05) is 11.5 Å². The highest BCUT2D eigenvalue weighted by Crippen LogP contribution is 2.21. The minimum absolute atomic E-state index is 0.000741. The minimum atomic E-state index is 0.000741. The minimum Gasteiger partial charge on any atom is -0.463 e. The van der Waals surface area contributed by atoms with Gasteiger partial charge in [-0.15, -0.1) is 0 Å². The van der Waals surface area contributed by atoms with Gasteiger partial charge in [-0.3, -0.25) is 4.79 Å². The summed E-state index contributed by atoms with van der Waals surface area (Å²) in [6.07, 6.45) is 3.78. The summed E-state index contributed by atoms with van der Waals surface area (Å²) < 4.78 is 7.20. The molecule has 1 N–H and O–H groups in total. The van der Waals surface area contributed by atoms with E-state index in [1.807, 2.05) is 35.5 Å². The van der Waals surface area contributed by atoms with Crippen LogP contribution in [0.25, 0.3) is 11.1 Å². The van der Waals surface area contributed by atoms with E-state index in [2.05, 4.69) is 5.32 Å². The molecule has 4 nitrogen and oxygen atoms in total. The van der Waals surface area contributed by atoms with Gasteiger partial charge in [-0.1, -0.05) is 0 Å². The summed E-state index contributed by atoms with van der Waals surface area (Å²) in [4.78, 5) is 12.2. The van der Waals surface area contributed by atoms with Gasteiger partial charge in [-0.2, -0.15) is 11.8 Å². The first-order valence-electron chi connectivity index (χ1n) is 6.17. The molecule has 0 aromatic carbocycles. The van der Waals surface area contributed by atoms with Crippen LogP contribution in [0.15, 0.2) is 22.8 Å². The molecule has 0 spiro atoms. The molecule has 0 atom stereocenters. The van der Waals surface area contributed by atoms with Gasteiger partial charge < -0.3 is 14.3 Å². The highest BCUT2D eigenvalue weighted by Gasteiger charge is 2.20. The zero-order valence-corrected chi connectivity index (χ0v) is 11.1. The number of furan rings is 1. The molecule has 0 unspecified atom stereocenters. The molecule has 3 rings (SSSR count). The Morgan fingerprint density at radius 1 is 1.50 bits per heavy atom. The van der Waals surface area contributed by atoms with Crippen molar-refractivity contribution in [2.24, 2.45) is 7.05 Å². The molecular weight excluding hydrogens is 248 g/mol. The van der Waals surface area contributed by atoms with Crippen LogP contribution in [0.5, 0.6) is 0 Å². The molecule has 2 aromatic heterocycles. The molecule has 5 heteroatoms. The SMILES string of the molecule is Cn1c(C(=O)NC2CCSCC2)cc2occc21. The zero-order chi connectivity index (χ0) is 12.5. The van der Waals surface area contributed by atoms with Crippen LogP contribution >= 0.6 is 11.8 Å². The third-order valence-corrected chi connectivity index (χ3v) is 4.50. The molecule has 0 saturated carbocycles. The molecule has 1 aliphatic heterocycles. The predicted octanol–water partition coefficient (Wildman–Crippen LogP) is 2.40. The topological polar surface area (TPSA) is 47.2 Å². The maximum Gasteiger partial charge on any atom is 0.268 e. The van der Waals surface area contributed by atoms with Gasteiger partial charge in [-0.25, -0.2) is 0 Å². The Morgan fingerprint density at radius 2 is 2.28 bits per heavy atom. The number of nitrogens with one attached hydrogen (secondary N) is 1. The lowest BCUT2D eigenvalue weighted by Crippen LogP contribution is -2.38. The number of fused-ring (bicyclic) bond motifs is 1. The van der Waals surface area contributed by atoms with E-state index in [-0.39, 0.29) is 5.91 Å². The third-order valence-electron chi connectivity index (χ3n) is 3.45. The lowest BCUT2D eigenvalue weighted by Gasteiger charge is -2.22. The first kappa shape index (κ1) is 11.7. The van der Waals surface area contributed by atoms with E-state index >= 15 is 0 Å². The third kappa shape index (κ3) is 2.03. The second-order valence-corrected chi connectivity index (χ2v) is 5.84.